The fourth-order valence-corrected chi connectivity index (χ4v) is 3.09. The van der Waals surface area contributed by atoms with Crippen molar-refractivity contribution < 1.29 is 23.8 Å². The van der Waals surface area contributed by atoms with Crippen molar-refractivity contribution in [3.63, 3.8) is 0 Å². The lowest BCUT2D eigenvalue weighted by molar-refractivity contribution is 0.0519. The molecule has 0 spiro atoms. The van der Waals surface area contributed by atoms with Gasteiger partial charge in [0.05, 0.1) is 33.0 Å². The van der Waals surface area contributed by atoms with Crippen LogP contribution in [0.5, 0.6) is 0 Å². The molecule has 0 aliphatic rings. The average Bonchev–Trinajstić information content (AvgIpc) is 2.92. The lowest BCUT2D eigenvalue weighted by atomic mass is 10.2. The van der Waals surface area contributed by atoms with E-state index in [4.69, 9.17) is 14.6 Å². The van der Waals surface area contributed by atoms with Crippen LogP contribution in [0.15, 0.2) is 54.6 Å². The number of carbonyl (C=O) groups excluding carboxylic acids is 1. The Morgan fingerprint density at radius 1 is 0.784 bits per heavy atom. The van der Waals surface area contributed by atoms with E-state index in [9.17, 15) is 9.18 Å². The molecule has 1 aromatic heterocycles. The van der Waals surface area contributed by atoms with E-state index in [0.717, 1.165) is 5.56 Å². The van der Waals surface area contributed by atoms with E-state index in [1.165, 1.54) is 12.1 Å². The Kier molecular flexibility index (Phi) is 12.0. The quantitative estimate of drug-likeness (QED) is 0.170. The van der Waals surface area contributed by atoms with Crippen LogP contribution >= 0.6 is 0 Å². The number of anilines is 3. The molecular formula is C25H32FN7O4. The number of carbonyl (C=O) groups is 1. The van der Waals surface area contributed by atoms with Gasteiger partial charge in [0, 0.05) is 31.7 Å². The average molecular weight is 514 g/mol. The van der Waals surface area contributed by atoms with E-state index in [-0.39, 0.29) is 24.9 Å². The smallest absolute Gasteiger partial charge is 0.251 e. The zero-order valence-corrected chi connectivity index (χ0v) is 20.5. The fraction of sp³-hybridized carbons (Fsp3) is 0.360. The van der Waals surface area contributed by atoms with Crippen LogP contribution in [0.1, 0.15) is 15.9 Å². The second-order valence-electron chi connectivity index (χ2n) is 7.71. The van der Waals surface area contributed by atoms with Gasteiger partial charge in [-0.3, -0.25) is 4.79 Å². The van der Waals surface area contributed by atoms with Crippen LogP contribution in [0.3, 0.4) is 0 Å². The first-order valence-corrected chi connectivity index (χ1v) is 12.0. The van der Waals surface area contributed by atoms with E-state index < -0.39 is 0 Å². The number of hydrogen-bond donors (Lipinski definition) is 5. The number of nitrogens with zero attached hydrogens (tertiary/aromatic N) is 3. The third kappa shape index (κ3) is 10.7. The second-order valence-corrected chi connectivity index (χ2v) is 7.71. The Hall–Kier alpha value is -3.87. The van der Waals surface area contributed by atoms with Crippen molar-refractivity contribution in [2.75, 3.05) is 68.6 Å². The van der Waals surface area contributed by atoms with E-state index >= 15 is 0 Å². The van der Waals surface area contributed by atoms with Gasteiger partial charge >= 0.3 is 0 Å². The summed E-state index contributed by atoms with van der Waals surface area (Å²) in [5.74, 6) is 0.471. The third-order valence-corrected chi connectivity index (χ3v) is 4.84. The van der Waals surface area contributed by atoms with Gasteiger partial charge < -0.3 is 35.8 Å². The first kappa shape index (κ1) is 27.7. The predicted molar refractivity (Wildman–Crippen MR) is 138 cm³/mol. The van der Waals surface area contributed by atoms with Crippen LogP contribution in [0.4, 0.5) is 22.2 Å². The Labute approximate surface area is 214 Å². The summed E-state index contributed by atoms with van der Waals surface area (Å²) in [5, 5.41) is 20.9. The van der Waals surface area contributed by atoms with Crippen LogP contribution in [0, 0.1) is 5.82 Å². The van der Waals surface area contributed by atoms with Crippen molar-refractivity contribution in [2.24, 2.45) is 0 Å². The molecular weight excluding hydrogens is 481 g/mol. The van der Waals surface area contributed by atoms with E-state index in [0.29, 0.717) is 69.5 Å². The topological polar surface area (TPSA) is 143 Å². The number of hydrogen-bond acceptors (Lipinski definition) is 10. The number of nitrogens with one attached hydrogen (secondary N) is 4. The third-order valence-electron chi connectivity index (χ3n) is 4.84. The molecule has 0 fully saturated rings. The molecule has 2 aromatic carbocycles. The SMILES string of the molecule is O=C(NCCOCCOCCNc1nc(NCCO)nc(NCc2cccc(F)c2)n1)c1ccccc1. The van der Waals surface area contributed by atoms with Gasteiger partial charge in [-0.1, -0.05) is 30.3 Å². The van der Waals surface area contributed by atoms with Crippen molar-refractivity contribution in [1.82, 2.24) is 20.3 Å². The Morgan fingerprint density at radius 3 is 2.11 bits per heavy atom. The minimum Gasteiger partial charge on any atom is -0.395 e. The molecule has 0 bridgehead atoms. The van der Waals surface area contributed by atoms with Crippen LogP contribution in [0.25, 0.3) is 0 Å². The normalized spacial score (nSPS) is 10.6. The molecule has 0 radical (unpaired) electrons. The maximum Gasteiger partial charge on any atom is 0.251 e. The number of aliphatic hydroxyl groups is 1. The van der Waals surface area contributed by atoms with Crippen LogP contribution < -0.4 is 21.3 Å². The molecule has 0 saturated heterocycles. The molecule has 0 aliphatic carbocycles. The summed E-state index contributed by atoms with van der Waals surface area (Å²) in [7, 11) is 0. The van der Waals surface area contributed by atoms with Gasteiger partial charge in [0.25, 0.3) is 5.91 Å². The molecule has 0 atom stereocenters. The van der Waals surface area contributed by atoms with Gasteiger partial charge in [-0.15, -0.1) is 0 Å². The van der Waals surface area contributed by atoms with Crippen LogP contribution in [-0.2, 0) is 16.0 Å². The number of ether oxygens (including phenoxy) is 2. The molecule has 12 heteroatoms. The zero-order chi connectivity index (χ0) is 26.1. The molecule has 1 heterocycles. The van der Waals surface area contributed by atoms with E-state index in [2.05, 4.69) is 36.2 Å². The zero-order valence-electron chi connectivity index (χ0n) is 20.5. The summed E-state index contributed by atoms with van der Waals surface area (Å²) in [5.41, 5.74) is 1.36. The maximum atomic E-state index is 13.4. The van der Waals surface area contributed by atoms with E-state index in [1.807, 2.05) is 18.2 Å². The van der Waals surface area contributed by atoms with Crippen molar-refractivity contribution in [2.45, 2.75) is 6.54 Å². The number of amides is 1. The number of benzene rings is 2. The highest BCUT2D eigenvalue weighted by Crippen LogP contribution is 2.11. The molecule has 0 saturated carbocycles. The lowest BCUT2D eigenvalue weighted by Gasteiger charge is -2.11. The summed E-state index contributed by atoms with van der Waals surface area (Å²) in [6.45, 7) is 2.98. The van der Waals surface area contributed by atoms with Crippen molar-refractivity contribution in [3.8, 4) is 0 Å². The van der Waals surface area contributed by atoms with Crippen molar-refractivity contribution in [1.29, 1.82) is 0 Å². The minimum absolute atomic E-state index is 0.0736. The van der Waals surface area contributed by atoms with E-state index in [1.54, 1.807) is 24.3 Å². The highest BCUT2D eigenvalue weighted by molar-refractivity contribution is 5.94. The molecule has 3 aromatic rings. The predicted octanol–water partition coefficient (Wildman–Crippen LogP) is 1.90. The van der Waals surface area contributed by atoms with Gasteiger partial charge in [-0.2, -0.15) is 15.0 Å². The van der Waals surface area contributed by atoms with Gasteiger partial charge in [0.15, 0.2) is 0 Å². The maximum absolute atomic E-state index is 13.4. The molecule has 1 amide bonds. The van der Waals surface area contributed by atoms with Crippen molar-refractivity contribution >= 4 is 23.8 Å². The summed E-state index contributed by atoms with van der Waals surface area (Å²) >= 11 is 0. The fourth-order valence-electron chi connectivity index (χ4n) is 3.09. The first-order valence-electron chi connectivity index (χ1n) is 12.0. The van der Waals surface area contributed by atoms with Crippen molar-refractivity contribution in [3.05, 3.63) is 71.5 Å². The van der Waals surface area contributed by atoms with Gasteiger partial charge in [-0.25, -0.2) is 4.39 Å². The van der Waals surface area contributed by atoms with Crippen LogP contribution in [-0.4, -0.2) is 78.6 Å². The summed E-state index contributed by atoms with van der Waals surface area (Å²) in [4.78, 5) is 24.8. The molecule has 11 nitrogen and oxygen atoms in total. The summed E-state index contributed by atoms with van der Waals surface area (Å²) in [6, 6.07) is 15.2. The van der Waals surface area contributed by atoms with Gasteiger partial charge in [0.2, 0.25) is 17.8 Å². The lowest BCUT2D eigenvalue weighted by Crippen LogP contribution is -2.27. The Balaban J connectivity index is 1.32. The first-order chi connectivity index (χ1) is 18.1. The summed E-state index contributed by atoms with van der Waals surface area (Å²) in [6.07, 6.45) is 0. The number of aliphatic hydroxyl groups excluding tert-OH is 1. The van der Waals surface area contributed by atoms with Gasteiger partial charge in [0.1, 0.15) is 5.82 Å². The molecule has 0 unspecified atom stereocenters. The monoisotopic (exact) mass is 513 g/mol. The largest absolute Gasteiger partial charge is 0.395 e. The Bertz CT molecular complexity index is 1090. The number of aromatic nitrogens is 3. The number of halogens is 1. The van der Waals surface area contributed by atoms with Crippen LogP contribution in [0.2, 0.25) is 0 Å². The summed E-state index contributed by atoms with van der Waals surface area (Å²) < 4.78 is 24.4. The minimum atomic E-state index is -0.317. The molecule has 0 aliphatic heterocycles. The van der Waals surface area contributed by atoms with Gasteiger partial charge in [-0.05, 0) is 29.8 Å². The molecule has 5 N–H and O–H groups in total. The highest BCUT2D eigenvalue weighted by Gasteiger charge is 2.07. The number of rotatable bonds is 17. The molecule has 3 rings (SSSR count). The standard InChI is InChI=1S/C25H32FN7O4/c26-21-8-4-5-19(17-21)18-30-25-32-23(28-9-12-34)31-24(33-25)29-11-14-37-16-15-36-13-10-27-22(35)20-6-2-1-3-7-20/h1-8,17,34H,9-16,18H2,(H,27,35)(H3,28,29,30,31,32,33). The Morgan fingerprint density at radius 2 is 1.43 bits per heavy atom. The molecule has 198 valence electrons. The second kappa shape index (κ2) is 16.0. The molecule has 37 heavy (non-hydrogen) atoms. The highest BCUT2D eigenvalue weighted by atomic mass is 19.1.